The number of aromatic nitrogens is 1. The van der Waals surface area contributed by atoms with Crippen LogP contribution < -0.4 is 4.74 Å². The fourth-order valence-corrected chi connectivity index (χ4v) is 2.82. The monoisotopic (exact) mass is 401 g/mol. The van der Waals surface area contributed by atoms with Crippen LogP contribution in [0.15, 0.2) is 52.7 Å². The molecule has 1 N–H and O–H groups in total. The van der Waals surface area contributed by atoms with Gasteiger partial charge in [-0.3, -0.25) is 9.36 Å². The molecule has 3 aromatic rings. The number of para-hydroxylation sites is 1. The zero-order valence-corrected chi connectivity index (χ0v) is 15.4. The van der Waals surface area contributed by atoms with Crippen LogP contribution in [0.2, 0.25) is 10.0 Å². The van der Waals surface area contributed by atoms with Crippen LogP contribution in [0.25, 0.3) is 10.9 Å². The van der Waals surface area contributed by atoms with Crippen LogP contribution in [0, 0.1) is 12.3 Å². The van der Waals surface area contributed by atoms with Gasteiger partial charge in [-0.2, -0.15) is 0 Å². The smallest absolute Gasteiger partial charge is 0.302 e. The molecule has 27 heavy (non-hydrogen) atoms. The first-order valence-electron chi connectivity index (χ1n) is 7.77. The highest BCUT2D eigenvalue weighted by atomic mass is 35.5. The number of hydrogen-bond donors (Lipinski definition) is 1. The number of azo groups is 1. The molecule has 6 nitrogen and oxygen atoms in total. The lowest BCUT2D eigenvalue weighted by molar-refractivity contribution is -0.120. The van der Waals surface area contributed by atoms with Gasteiger partial charge in [0.25, 0.3) is 0 Å². The summed E-state index contributed by atoms with van der Waals surface area (Å²) in [5, 5.41) is 19.2. The maximum Gasteiger partial charge on any atom is 0.302 e. The molecule has 0 radical (unpaired) electrons. The maximum absolute atomic E-state index is 12.0. The Morgan fingerprint density at radius 1 is 1.26 bits per heavy atom. The molecule has 0 aliphatic carbocycles. The minimum Gasteiger partial charge on any atom is -0.493 e. The Morgan fingerprint density at radius 3 is 2.81 bits per heavy atom. The van der Waals surface area contributed by atoms with Gasteiger partial charge in [-0.1, -0.05) is 47.3 Å². The molecule has 0 fully saturated rings. The van der Waals surface area contributed by atoms with Gasteiger partial charge >= 0.3 is 5.91 Å². The standard InChI is InChI=1S/C19H13Cl2N3O3/c1-2-9-24-15-6-4-3-5-13(15)18(19(24)26)23-22-17(25)11-27-16-10-12(20)7-8-14(16)21/h1,3-8,10,26H,9,11H2. The maximum atomic E-state index is 12.0. The predicted octanol–water partition coefficient (Wildman–Crippen LogP) is 4.98. The molecular formula is C19H13Cl2N3O3. The summed E-state index contributed by atoms with van der Waals surface area (Å²) in [5.41, 5.74) is 0.853. The van der Waals surface area contributed by atoms with Crippen LogP contribution in [-0.2, 0) is 11.3 Å². The lowest BCUT2D eigenvalue weighted by atomic mass is 10.2. The van der Waals surface area contributed by atoms with Crippen LogP contribution in [0.3, 0.4) is 0 Å². The van der Waals surface area contributed by atoms with E-state index < -0.39 is 5.91 Å². The molecule has 3 rings (SSSR count). The van der Waals surface area contributed by atoms with E-state index in [1.165, 1.54) is 10.6 Å². The fourth-order valence-electron chi connectivity index (χ4n) is 2.48. The third kappa shape index (κ3) is 4.05. The van der Waals surface area contributed by atoms with Gasteiger partial charge in [0.2, 0.25) is 5.88 Å². The van der Waals surface area contributed by atoms with Gasteiger partial charge in [0.05, 0.1) is 17.1 Å². The molecule has 0 spiro atoms. The van der Waals surface area contributed by atoms with Gasteiger partial charge in [0.15, 0.2) is 12.3 Å². The Morgan fingerprint density at radius 2 is 2.04 bits per heavy atom. The van der Waals surface area contributed by atoms with E-state index in [0.717, 1.165) is 0 Å². The number of halogens is 2. The van der Waals surface area contributed by atoms with Gasteiger partial charge < -0.3 is 9.84 Å². The largest absolute Gasteiger partial charge is 0.493 e. The van der Waals surface area contributed by atoms with E-state index in [-0.39, 0.29) is 30.5 Å². The Bertz CT molecular complexity index is 1080. The number of rotatable bonds is 5. The molecule has 1 aromatic heterocycles. The molecule has 0 aliphatic rings. The number of amides is 1. The van der Waals surface area contributed by atoms with Crippen LogP contribution in [0.5, 0.6) is 11.6 Å². The molecule has 1 amide bonds. The van der Waals surface area contributed by atoms with E-state index in [0.29, 0.717) is 20.9 Å². The van der Waals surface area contributed by atoms with Crippen molar-refractivity contribution in [2.75, 3.05) is 6.61 Å². The summed E-state index contributed by atoms with van der Waals surface area (Å²) >= 11 is 11.8. The summed E-state index contributed by atoms with van der Waals surface area (Å²) in [6.07, 6.45) is 5.34. The molecule has 0 saturated heterocycles. The van der Waals surface area contributed by atoms with E-state index in [2.05, 4.69) is 16.1 Å². The summed E-state index contributed by atoms with van der Waals surface area (Å²) in [6.45, 7) is -0.223. The average molecular weight is 402 g/mol. The summed E-state index contributed by atoms with van der Waals surface area (Å²) in [4.78, 5) is 12.0. The SMILES string of the molecule is C#CCn1c(O)c(N=NC(=O)COc2cc(Cl)ccc2Cl)c2ccccc21. The van der Waals surface area contributed by atoms with Gasteiger partial charge in [0.1, 0.15) is 5.75 Å². The zero-order valence-electron chi connectivity index (χ0n) is 13.9. The Kier molecular flexibility index (Phi) is 5.65. The van der Waals surface area contributed by atoms with E-state index in [1.54, 1.807) is 30.3 Å². The number of hydrogen-bond acceptors (Lipinski definition) is 4. The van der Waals surface area contributed by atoms with Crippen molar-refractivity contribution in [3.05, 3.63) is 52.5 Å². The molecule has 1 heterocycles. The highest BCUT2D eigenvalue weighted by Crippen LogP contribution is 2.38. The van der Waals surface area contributed by atoms with Crippen molar-refractivity contribution in [3.63, 3.8) is 0 Å². The molecule has 0 saturated carbocycles. The second kappa shape index (κ2) is 8.12. The van der Waals surface area contributed by atoms with E-state index in [1.807, 2.05) is 6.07 Å². The third-order valence-corrected chi connectivity index (χ3v) is 4.22. The summed E-state index contributed by atoms with van der Waals surface area (Å²) in [6, 6.07) is 11.8. The molecule has 0 bridgehead atoms. The van der Waals surface area contributed by atoms with Crippen molar-refractivity contribution in [1.29, 1.82) is 0 Å². The first-order chi connectivity index (χ1) is 13.0. The van der Waals surface area contributed by atoms with Crippen LogP contribution >= 0.6 is 23.2 Å². The third-order valence-electron chi connectivity index (χ3n) is 3.67. The van der Waals surface area contributed by atoms with Gasteiger partial charge in [0, 0.05) is 16.5 Å². The molecular weight excluding hydrogens is 389 g/mol. The van der Waals surface area contributed by atoms with Crippen LogP contribution in [0.1, 0.15) is 0 Å². The Hall–Kier alpha value is -3.01. The number of benzene rings is 2. The number of nitrogens with zero attached hydrogens (tertiary/aromatic N) is 3. The Balaban J connectivity index is 1.80. The second-order valence-electron chi connectivity index (χ2n) is 5.44. The van der Waals surface area contributed by atoms with Crippen molar-refractivity contribution in [3.8, 4) is 24.0 Å². The number of carbonyl (C=O) groups excluding carboxylic acids is 1. The normalized spacial score (nSPS) is 11.0. The van der Waals surface area contributed by atoms with Gasteiger partial charge in [-0.25, -0.2) is 0 Å². The number of aromatic hydroxyl groups is 1. The van der Waals surface area contributed by atoms with Gasteiger partial charge in [-0.15, -0.1) is 16.7 Å². The summed E-state index contributed by atoms with van der Waals surface area (Å²) < 4.78 is 6.83. The highest BCUT2D eigenvalue weighted by molar-refractivity contribution is 6.34. The first kappa shape index (κ1) is 18.8. The quantitative estimate of drug-likeness (QED) is 0.483. The first-order valence-corrected chi connectivity index (χ1v) is 8.53. The van der Waals surface area contributed by atoms with Crippen LogP contribution in [-0.4, -0.2) is 22.2 Å². The predicted molar refractivity (Wildman–Crippen MR) is 104 cm³/mol. The van der Waals surface area contributed by atoms with Crippen molar-refractivity contribution in [2.24, 2.45) is 10.2 Å². The second-order valence-corrected chi connectivity index (χ2v) is 6.28. The zero-order chi connectivity index (χ0) is 19.4. The molecule has 0 aliphatic heterocycles. The molecule has 2 aromatic carbocycles. The molecule has 0 atom stereocenters. The average Bonchev–Trinajstić information content (AvgIpc) is 2.93. The summed E-state index contributed by atoms with van der Waals surface area (Å²) in [7, 11) is 0. The van der Waals surface area contributed by atoms with E-state index in [9.17, 15) is 9.90 Å². The summed E-state index contributed by atoms with van der Waals surface area (Å²) in [5.74, 6) is 1.91. The van der Waals surface area contributed by atoms with Crippen LogP contribution in [0.4, 0.5) is 5.69 Å². The number of carbonyl (C=O) groups is 1. The van der Waals surface area contributed by atoms with Crippen molar-refractivity contribution < 1.29 is 14.6 Å². The van der Waals surface area contributed by atoms with Gasteiger partial charge in [-0.05, 0) is 18.2 Å². The minimum absolute atomic E-state index is 0.159. The van der Waals surface area contributed by atoms with E-state index in [4.69, 9.17) is 34.4 Å². The van der Waals surface area contributed by atoms with Crippen molar-refractivity contribution in [1.82, 2.24) is 4.57 Å². The van der Waals surface area contributed by atoms with Crippen molar-refractivity contribution >= 4 is 45.7 Å². The number of ether oxygens (including phenoxy) is 1. The lowest BCUT2D eigenvalue weighted by Crippen LogP contribution is -2.08. The topological polar surface area (TPSA) is 76.2 Å². The minimum atomic E-state index is -0.653. The Labute approximate surface area is 165 Å². The molecule has 0 unspecified atom stereocenters. The lowest BCUT2D eigenvalue weighted by Gasteiger charge is -2.05. The fraction of sp³-hybridized carbons (Fsp3) is 0.105. The number of fused-ring (bicyclic) bond motifs is 1. The molecule has 8 heteroatoms. The van der Waals surface area contributed by atoms with Crippen molar-refractivity contribution in [2.45, 2.75) is 6.54 Å². The number of terminal acetylenes is 1. The molecule has 136 valence electrons. The highest BCUT2D eigenvalue weighted by Gasteiger charge is 2.16. The van der Waals surface area contributed by atoms with E-state index >= 15 is 0 Å².